The lowest BCUT2D eigenvalue weighted by atomic mass is 10.1. The standard InChI is InChI=1S/C24H27N3O4S/c1-16(2)13-25-24-27(21(15-32-24)17-7-9-18(28-3)10-8-17)26-14-20-22(30-5)11-19(29-4)12-23(20)31-6/h7-12,14-15H,1,13H2,2-6H3. The van der Waals surface area contributed by atoms with Crippen molar-refractivity contribution in [1.82, 2.24) is 4.68 Å². The first-order valence-corrected chi connectivity index (χ1v) is 10.7. The highest BCUT2D eigenvalue weighted by molar-refractivity contribution is 7.07. The minimum Gasteiger partial charge on any atom is -0.497 e. The van der Waals surface area contributed by atoms with Gasteiger partial charge in [0.25, 0.3) is 0 Å². The molecule has 1 heterocycles. The largest absolute Gasteiger partial charge is 0.497 e. The normalized spacial score (nSPS) is 11.6. The summed E-state index contributed by atoms with van der Waals surface area (Å²) in [5.74, 6) is 2.61. The lowest BCUT2D eigenvalue weighted by molar-refractivity contribution is 0.374. The molecular formula is C24H27N3O4S. The summed E-state index contributed by atoms with van der Waals surface area (Å²) in [6, 6.07) is 11.4. The van der Waals surface area contributed by atoms with Crippen LogP contribution in [0.15, 0.2) is 64.0 Å². The van der Waals surface area contributed by atoms with Crippen molar-refractivity contribution in [2.45, 2.75) is 6.92 Å². The molecule has 2 aromatic carbocycles. The lowest BCUT2D eigenvalue weighted by Crippen LogP contribution is -2.13. The Morgan fingerprint density at radius 2 is 1.59 bits per heavy atom. The number of rotatable bonds is 9. The first-order valence-electron chi connectivity index (χ1n) is 9.85. The maximum absolute atomic E-state index is 5.54. The van der Waals surface area contributed by atoms with E-state index in [2.05, 4.69) is 11.6 Å². The molecule has 0 spiro atoms. The first kappa shape index (κ1) is 23.1. The predicted octanol–water partition coefficient (Wildman–Crippen LogP) is 4.61. The van der Waals surface area contributed by atoms with Gasteiger partial charge in [-0.2, -0.15) is 5.10 Å². The molecule has 0 amide bonds. The number of methoxy groups -OCH3 is 4. The van der Waals surface area contributed by atoms with Crippen LogP contribution in [0.25, 0.3) is 11.3 Å². The Balaban J connectivity index is 2.13. The van der Waals surface area contributed by atoms with Gasteiger partial charge in [0.05, 0.1) is 52.5 Å². The highest BCUT2D eigenvalue weighted by Crippen LogP contribution is 2.33. The van der Waals surface area contributed by atoms with Gasteiger partial charge >= 0.3 is 0 Å². The van der Waals surface area contributed by atoms with Gasteiger partial charge in [-0.25, -0.2) is 4.68 Å². The van der Waals surface area contributed by atoms with E-state index >= 15 is 0 Å². The molecule has 7 nitrogen and oxygen atoms in total. The average Bonchev–Trinajstić information content (AvgIpc) is 3.23. The fourth-order valence-electron chi connectivity index (χ4n) is 2.96. The summed E-state index contributed by atoms with van der Waals surface area (Å²) < 4.78 is 23.5. The van der Waals surface area contributed by atoms with Crippen LogP contribution in [0.3, 0.4) is 0 Å². The van der Waals surface area contributed by atoms with Crippen LogP contribution in [0, 0.1) is 0 Å². The lowest BCUT2D eigenvalue weighted by Gasteiger charge is -2.12. The summed E-state index contributed by atoms with van der Waals surface area (Å²) in [7, 11) is 6.44. The van der Waals surface area contributed by atoms with E-state index in [4.69, 9.17) is 24.0 Å². The third kappa shape index (κ3) is 5.20. The van der Waals surface area contributed by atoms with E-state index in [-0.39, 0.29) is 0 Å². The van der Waals surface area contributed by atoms with Gasteiger partial charge < -0.3 is 18.9 Å². The summed E-state index contributed by atoms with van der Waals surface area (Å²) >= 11 is 1.51. The maximum atomic E-state index is 5.54. The maximum Gasteiger partial charge on any atom is 0.206 e. The molecule has 0 N–H and O–H groups in total. The number of thiazole rings is 1. The van der Waals surface area contributed by atoms with Crippen LogP contribution in [0.5, 0.6) is 23.0 Å². The number of hydrogen-bond acceptors (Lipinski definition) is 7. The second-order valence-corrected chi connectivity index (χ2v) is 7.74. The van der Waals surface area contributed by atoms with Crippen molar-refractivity contribution >= 4 is 17.6 Å². The Hall–Kier alpha value is -3.52. The van der Waals surface area contributed by atoms with E-state index in [1.54, 1.807) is 51.5 Å². The molecule has 3 aromatic rings. The Bertz CT molecular complexity index is 1150. The van der Waals surface area contributed by atoms with Crippen LogP contribution >= 0.6 is 11.3 Å². The van der Waals surface area contributed by atoms with Crippen molar-refractivity contribution in [1.29, 1.82) is 0 Å². The van der Waals surface area contributed by atoms with Gasteiger partial charge in [0.1, 0.15) is 23.0 Å². The highest BCUT2D eigenvalue weighted by Gasteiger charge is 2.13. The van der Waals surface area contributed by atoms with Crippen molar-refractivity contribution in [3.05, 3.63) is 64.3 Å². The zero-order chi connectivity index (χ0) is 23.1. The first-order chi connectivity index (χ1) is 15.5. The summed E-state index contributed by atoms with van der Waals surface area (Å²) in [5.41, 5.74) is 3.56. The molecule has 0 aliphatic heterocycles. The van der Waals surface area contributed by atoms with Crippen molar-refractivity contribution in [2.24, 2.45) is 10.1 Å². The number of aromatic nitrogens is 1. The van der Waals surface area contributed by atoms with Gasteiger partial charge in [-0.3, -0.25) is 4.99 Å². The fourth-order valence-corrected chi connectivity index (χ4v) is 3.79. The van der Waals surface area contributed by atoms with Crippen molar-refractivity contribution in [3.63, 3.8) is 0 Å². The van der Waals surface area contributed by atoms with E-state index in [0.717, 1.165) is 27.4 Å². The van der Waals surface area contributed by atoms with Crippen LogP contribution < -0.4 is 23.7 Å². The Labute approximate surface area is 191 Å². The highest BCUT2D eigenvalue weighted by atomic mass is 32.1. The molecule has 0 saturated carbocycles. The van der Waals surface area contributed by atoms with Crippen LogP contribution in [0.4, 0.5) is 0 Å². The summed E-state index contributed by atoms with van der Waals surface area (Å²) in [6.45, 7) is 6.41. The van der Waals surface area contributed by atoms with Gasteiger partial charge in [0.2, 0.25) is 4.80 Å². The van der Waals surface area contributed by atoms with Gasteiger partial charge in [-0.1, -0.05) is 12.2 Å². The summed E-state index contributed by atoms with van der Waals surface area (Å²) in [6.07, 6.45) is 1.70. The number of nitrogens with zero attached hydrogens (tertiary/aromatic N) is 3. The molecule has 0 bridgehead atoms. The Kier molecular flexibility index (Phi) is 7.72. The molecular weight excluding hydrogens is 426 g/mol. The van der Waals surface area contributed by atoms with E-state index in [0.29, 0.717) is 29.4 Å². The van der Waals surface area contributed by atoms with Gasteiger partial charge in [-0.15, -0.1) is 11.3 Å². The second-order valence-electron chi connectivity index (χ2n) is 6.91. The van der Waals surface area contributed by atoms with Crippen LogP contribution in [-0.4, -0.2) is 45.9 Å². The van der Waals surface area contributed by atoms with E-state index in [1.165, 1.54) is 11.3 Å². The minimum absolute atomic E-state index is 0.521. The van der Waals surface area contributed by atoms with E-state index in [9.17, 15) is 0 Å². The van der Waals surface area contributed by atoms with Gasteiger partial charge in [-0.05, 0) is 31.2 Å². The third-order valence-corrected chi connectivity index (χ3v) is 5.46. The molecule has 0 saturated heterocycles. The van der Waals surface area contributed by atoms with Crippen LogP contribution in [-0.2, 0) is 0 Å². The average molecular weight is 454 g/mol. The zero-order valence-corrected chi connectivity index (χ0v) is 19.7. The summed E-state index contributed by atoms with van der Waals surface area (Å²) in [5, 5.41) is 6.78. The van der Waals surface area contributed by atoms with Crippen molar-refractivity contribution in [2.75, 3.05) is 35.0 Å². The van der Waals surface area contributed by atoms with Crippen LogP contribution in [0.1, 0.15) is 12.5 Å². The van der Waals surface area contributed by atoms with E-state index in [1.807, 2.05) is 36.6 Å². The summed E-state index contributed by atoms with van der Waals surface area (Å²) in [4.78, 5) is 5.42. The number of ether oxygens (including phenoxy) is 4. The molecule has 0 radical (unpaired) electrons. The fraction of sp³-hybridized carbons (Fsp3) is 0.250. The van der Waals surface area contributed by atoms with Gasteiger partial charge in [0, 0.05) is 23.1 Å². The molecule has 0 aliphatic carbocycles. The molecule has 0 aliphatic rings. The molecule has 168 valence electrons. The monoisotopic (exact) mass is 453 g/mol. The zero-order valence-electron chi connectivity index (χ0n) is 18.9. The quantitative estimate of drug-likeness (QED) is 0.351. The van der Waals surface area contributed by atoms with Crippen LogP contribution in [0.2, 0.25) is 0 Å². The molecule has 0 atom stereocenters. The molecule has 0 unspecified atom stereocenters. The SMILES string of the molecule is C=C(C)CN=c1scc(-c2ccc(OC)cc2)n1N=Cc1c(OC)cc(OC)cc1OC. The molecule has 0 fully saturated rings. The second kappa shape index (κ2) is 10.7. The van der Waals surface area contributed by atoms with Crippen molar-refractivity contribution < 1.29 is 18.9 Å². The molecule has 8 heteroatoms. The molecule has 32 heavy (non-hydrogen) atoms. The number of hydrogen-bond donors (Lipinski definition) is 0. The topological polar surface area (TPSA) is 66.6 Å². The van der Waals surface area contributed by atoms with Crippen molar-refractivity contribution in [3.8, 4) is 34.3 Å². The third-order valence-electron chi connectivity index (χ3n) is 4.61. The molecule has 3 rings (SSSR count). The smallest absolute Gasteiger partial charge is 0.206 e. The van der Waals surface area contributed by atoms with Gasteiger partial charge in [0.15, 0.2) is 0 Å². The Morgan fingerprint density at radius 3 is 2.12 bits per heavy atom. The molecule has 1 aromatic heterocycles. The Morgan fingerprint density at radius 1 is 0.969 bits per heavy atom. The predicted molar refractivity (Wildman–Crippen MR) is 129 cm³/mol. The number of benzene rings is 2. The van der Waals surface area contributed by atoms with E-state index < -0.39 is 0 Å². The minimum atomic E-state index is 0.521.